The lowest BCUT2D eigenvalue weighted by atomic mass is 9.68. The van der Waals surface area contributed by atoms with Crippen molar-refractivity contribution in [2.24, 2.45) is 5.41 Å². The summed E-state index contributed by atoms with van der Waals surface area (Å²) in [6.45, 7) is 6.58. The third-order valence-corrected chi connectivity index (χ3v) is 4.54. The lowest BCUT2D eigenvalue weighted by Gasteiger charge is -2.41. The summed E-state index contributed by atoms with van der Waals surface area (Å²) in [5.74, 6) is 0.983. The highest BCUT2D eigenvalue weighted by Gasteiger charge is 2.35. The van der Waals surface area contributed by atoms with Gasteiger partial charge in [-0.3, -0.25) is 0 Å². The third kappa shape index (κ3) is 3.54. The topological polar surface area (TPSA) is 21.3 Å². The minimum atomic E-state index is 0.226. The van der Waals surface area contributed by atoms with Gasteiger partial charge in [0.1, 0.15) is 5.75 Å². The van der Waals surface area contributed by atoms with Gasteiger partial charge in [-0.1, -0.05) is 38.3 Å². The summed E-state index contributed by atoms with van der Waals surface area (Å²) in [6.07, 6.45) is 6.96. The quantitative estimate of drug-likeness (QED) is 0.840. The van der Waals surface area contributed by atoms with Gasteiger partial charge in [-0.15, -0.1) is 0 Å². The predicted octanol–water partition coefficient (Wildman–Crippen LogP) is 4.70. The molecule has 1 unspecified atom stereocenters. The van der Waals surface area contributed by atoms with Gasteiger partial charge in [0.25, 0.3) is 0 Å². The van der Waals surface area contributed by atoms with Crippen LogP contribution in [0, 0.1) is 5.41 Å². The van der Waals surface area contributed by atoms with Crippen molar-refractivity contribution in [1.82, 2.24) is 5.32 Å². The Labute approximate surface area is 123 Å². The first-order chi connectivity index (χ1) is 9.55. The van der Waals surface area contributed by atoms with E-state index in [0.29, 0.717) is 11.5 Å². The Bertz CT molecular complexity index is 421. The van der Waals surface area contributed by atoms with Gasteiger partial charge in [0.05, 0.1) is 6.10 Å². The molecule has 1 aliphatic carbocycles. The average molecular weight is 275 g/mol. The third-order valence-electron chi connectivity index (χ3n) is 4.54. The minimum absolute atomic E-state index is 0.226. The molecule has 0 aromatic heterocycles. The van der Waals surface area contributed by atoms with Crippen molar-refractivity contribution in [3.8, 4) is 5.75 Å². The molecule has 20 heavy (non-hydrogen) atoms. The van der Waals surface area contributed by atoms with Gasteiger partial charge in [0.2, 0.25) is 0 Å². The molecule has 2 nitrogen and oxygen atoms in total. The van der Waals surface area contributed by atoms with Crippen LogP contribution < -0.4 is 10.1 Å². The van der Waals surface area contributed by atoms with Crippen molar-refractivity contribution in [3.63, 3.8) is 0 Å². The molecule has 0 aliphatic heterocycles. The Hall–Kier alpha value is -1.02. The molecule has 1 aliphatic rings. The van der Waals surface area contributed by atoms with E-state index < -0.39 is 0 Å². The summed E-state index contributed by atoms with van der Waals surface area (Å²) in [5, 5.41) is 3.55. The first-order valence-electron chi connectivity index (χ1n) is 7.99. The zero-order valence-corrected chi connectivity index (χ0v) is 13.4. The highest BCUT2D eigenvalue weighted by atomic mass is 16.5. The Morgan fingerprint density at radius 2 is 1.85 bits per heavy atom. The summed E-state index contributed by atoms with van der Waals surface area (Å²) in [4.78, 5) is 0. The second-order valence-corrected chi connectivity index (χ2v) is 6.68. The van der Waals surface area contributed by atoms with E-state index in [1.807, 2.05) is 0 Å². The fourth-order valence-electron chi connectivity index (χ4n) is 3.61. The summed E-state index contributed by atoms with van der Waals surface area (Å²) in [5.41, 5.74) is 1.72. The van der Waals surface area contributed by atoms with Gasteiger partial charge >= 0.3 is 0 Å². The van der Waals surface area contributed by atoms with Crippen molar-refractivity contribution >= 4 is 0 Å². The van der Waals surface area contributed by atoms with Gasteiger partial charge < -0.3 is 10.1 Å². The van der Waals surface area contributed by atoms with Crippen molar-refractivity contribution in [2.45, 2.75) is 65.0 Å². The molecule has 1 saturated carbocycles. The number of rotatable bonds is 5. The van der Waals surface area contributed by atoms with Gasteiger partial charge in [-0.2, -0.15) is 0 Å². The Morgan fingerprint density at radius 3 is 2.45 bits per heavy atom. The molecular formula is C18H29NO. The highest BCUT2D eigenvalue weighted by Crippen LogP contribution is 2.45. The van der Waals surface area contributed by atoms with Gasteiger partial charge in [-0.25, -0.2) is 0 Å². The molecule has 0 amide bonds. The largest absolute Gasteiger partial charge is 0.491 e. The predicted molar refractivity (Wildman–Crippen MR) is 85.2 cm³/mol. The molecule has 1 N–H and O–H groups in total. The lowest BCUT2D eigenvalue weighted by Crippen LogP contribution is -2.36. The maximum atomic E-state index is 5.84. The van der Waals surface area contributed by atoms with Gasteiger partial charge in [0.15, 0.2) is 0 Å². The zero-order valence-electron chi connectivity index (χ0n) is 13.4. The van der Waals surface area contributed by atoms with Gasteiger partial charge in [-0.05, 0) is 56.8 Å². The van der Waals surface area contributed by atoms with Crippen LogP contribution in [-0.4, -0.2) is 13.2 Å². The van der Waals surface area contributed by atoms with E-state index in [2.05, 4.69) is 57.4 Å². The van der Waals surface area contributed by atoms with E-state index in [1.165, 1.54) is 37.7 Å². The Balaban J connectivity index is 2.22. The average Bonchev–Trinajstić information content (AvgIpc) is 2.39. The zero-order chi connectivity index (χ0) is 14.6. The normalized spacial score (nSPS) is 19.9. The molecular weight excluding hydrogens is 246 g/mol. The number of hydrogen-bond donors (Lipinski definition) is 1. The molecule has 1 aromatic rings. The number of ether oxygens (including phenoxy) is 1. The lowest BCUT2D eigenvalue weighted by molar-refractivity contribution is 0.150. The number of benzene rings is 1. The maximum Gasteiger partial charge on any atom is 0.120 e. The van der Waals surface area contributed by atoms with E-state index in [1.54, 1.807) is 0 Å². The van der Waals surface area contributed by atoms with Gasteiger partial charge in [0, 0.05) is 6.04 Å². The van der Waals surface area contributed by atoms with Crippen LogP contribution in [0.15, 0.2) is 24.3 Å². The fourth-order valence-corrected chi connectivity index (χ4v) is 3.61. The summed E-state index contributed by atoms with van der Waals surface area (Å²) >= 11 is 0. The van der Waals surface area contributed by atoms with Crippen molar-refractivity contribution in [1.29, 1.82) is 0 Å². The molecule has 112 valence electrons. The molecule has 0 spiro atoms. The Kier molecular flexibility index (Phi) is 5.09. The van der Waals surface area contributed by atoms with E-state index in [-0.39, 0.29) is 6.10 Å². The summed E-state index contributed by atoms with van der Waals surface area (Å²) < 4.78 is 5.84. The molecule has 1 atom stereocenters. The van der Waals surface area contributed by atoms with E-state index in [4.69, 9.17) is 4.74 Å². The molecule has 1 fully saturated rings. The Morgan fingerprint density at radius 1 is 1.15 bits per heavy atom. The van der Waals surface area contributed by atoms with Crippen molar-refractivity contribution < 1.29 is 4.74 Å². The van der Waals surface area contributed by atoms with Crippen LogP contribution in [0.3, 0.4) is 0 Å². The maximum absolute atomic E-state index is 5.84. The first-order valence-corrected chi connectivity index (χ1v) is 7.99. The first kappa shape index (κ1) is 15.4. The van der Waals surface area contributed by atoms with Crippen LogP contribution in [0.1, 0.15) is 64.5 Å². The summed E-state index contributed by atoms with van der Waals surface area (Å²) in [7, 11) is 2.08. The van der Waals surface area contributed by atoms with Crippen molar-refractivity contribution in [2.75, 3.05) is 7.05 Å². The molecule has 0 radical (unpaired) electrons. The highest BCUT2D eigenvalue weighted by molar-refractivity contribution is 5.32. The van der Waals surface area contributed by atoms with Crippen LogP contribution in [0.25, 0.3) is 0 Å². The van der Waals surface area contributed by atoms with Crippen LogP contribution in [0.4, 0.5) is 0 Å². The SMILES string of the molecule is CNC(c1cccc(OC(C)C)c1)C1(C)CCCCC1. The molecule has 0 saturated heterocycles. The molecule has 1 aromatic carbocycles. The molecule has 2 heteroatoms. The molecule has 2 rings (SSSR count). The smallest absolute Gasteiger partial charge is 0.120 e. The van der Waals surface area contributed by atoms with E-state index >= 15 is 0 Å². The molecule has 0 heterocycles. The van der Waals surface area contributed by atoms with Crippen LogP contribution in [0.2, 0.25) is 0 Å². The summed E-state index contributed by atoms with van der Waals surface area (Å²) in [6, 6.07) is 9.02. The monoisotopic (exact) mass is 275 g/mol. The molecule has 0 bridgehead atoms. The number of nitrogens with one attached hydrogen (secondary N) is 1. The van der Waals surface area contributed by atoms with Crippen LogP contribution in [-0.2, 0) is 0 Å². The van der Waals surface area contributed by atoms with E-state index in [0.717, 1.165) is 5.75 Å². The second kappa shape index (κ2) is 6.62. The van der Waals surface area contributed by atoms with Crippen LogP contribution >= 0.6 is 0 Å². The number of hydrogen-bond acceptors (Lipinski definition) is 2. The minimum Gasteiger partial charge on any atom is -0.491 e. The van der Waals surface area contributed by atoms with Crippen molar-refractivity contribution in [3.05, 3.63) is 29.8 Å². The van der Waals surface area contributed by atoms with E-state index in [9.17, 15) is 0 Å². The second-order valence-electron chi connectivity index (χ2n) is 6.68. The van der Waals surface area contributed by atoms with Crippen LogP contribution in [0.5, 0.6) is 5.75 Å². The fraction of sp³-hybridized carbons (Fsp3) is 0.667. The standard InChI is InChI=1S/C18H29NO/c1-14(2)20-16-10-8-9-15(13-16)17(19-4)18(3)11-6-5-7-12-18/h8-10,13-14,17,19H,5-7,11-12H2,1-4H3.